The zero-order valence-electron chi connectivity index (χ0n) is 22.8. The van der Waals surface area contributed by atoms with Gasteiger partial charge in [-0.25, -0.2) is 13.2 Å². The Balaban J connectivity index is 1.57. The first kappa shape index (κ1) is 29.3. The number of likely N-dealkylation sites (N-methyl/N-ethyl adjacent to an activating group) is 1. The highest BCUT2D eigenvalue weighted by atomic mass is 19.1. The molecule has 3 aliphatic rings. The molecule has 0 spiro atoms. The number of benzene rings is 1. The maximum absolute atomic E-state index is 14.3. The molecule has 0 bridgehead atoms. The molecule has 1 aliphatic carbocycles. The second-order valence-electron chi connectivity index (χ2n) is 11.3. The van der Waals surface area contributed by atoms with E-state index >= 15 is 0 Å². The highest BCUT2D eigenvalue weighted by Gasteiger charge is 2.69. The zero-order valence-corrected chi connectivity index (χ0v) is 22.8. The van der Waals surface area contributed by atoms with E-state index in [-0.39, 0.29) is 42.5 Å². The first-order valence-corrected chi connectivity index (χ1v) is 13.4. The fourth-order valence-corrected chi connectivity index (χ4v) is 6.13. The molecule has 13 heteroatoms. The van der Waals surface area contributed by atoms with Crippen LogP contribution in [-0.4, -0.2) is 72.6 Å². The van der Waals surface area contributed by atoms with Crippen LogP contribution in [0.15, 0.2) is 12.1 Å². The Morgan fingerprint density at radius 2 is 1.77 bits per heavy atom. The van der Waals surface area contributed by atoms with Crippen molar-refractivity contribution >= 4 is 35.1 Å². The van der Waals surface area contributed by atoms with Gasteiger partial charge in [-0.05, 0) is 36.5 Å². The van der Waals surface area contributed by atoms with Crippen molar-refractivity contribution in [2.45, 2.75) is 58.2 Å². The Bertz CT molecular complexity index is 1220. The van der Waals surface area contributed by atoms with E-state index in [9.17, 15) is 37.1 Å². The number of nitrogens with zero attached hydrogens (tertiary/aromatic N) is 1. The number of carbonyl (C=O) groups is 5. The maximum atomic E-state index is 14.3. The Kier molecular flexibility index (Phi) is 8.13. The third kappa shape index (κ3) is 5.37. The van der Waals surface area contributed by atoms with Gasteiger partial charge in [-0.1, -0.05) is 20.8 Å². The molecule has 4 amide bonds. The summed E-state index contributed by atoms with van der Waals surface area (Å²) in [6, 6.07) is -2.43. The van der Waals surface area contributed by atoms with E-state index in [4.69, 9.17) is 0 Å². The monoisotopic (exact) mass is 565 g/mol. The van der Waals surface area contributed by atoms with Crippen LogP contribution in [-0.2, 0) is 24.0 Å². The minimum absolute atomic E-state index is 0.0299. The number of ketones is 1. The van der Waals surface area contributed by atoms with Crippen LogP contribution >= 0.6 is 0 Å². The first-order chi connectivity index (χ1) is 18.8. The van der Waals surface area contributed by atoms with Crippen LogP contribution in [0.3, 0.4) is 0 Å². The van der Waals surface area contributed by atoms with Gasteiger partial charge in [0.2, 0.25) is 23.5 Å². The van der Waals surface area contributed by atoms with Gasteiger partial charge < -0.3 is 26.2 Å². The minimum Gasteiger partial charge on any atom is -0.369 e. The second kappa shape index (κ2) is 11.1. The number of piperidine rings is 1. The van der Waals surface area contributed by atoms with E-state index in [1.54, 1.807) is 6.92 Å². The van der Waals surface area contributed by atoms with Gasteiger partial charge in [-0.3, -0.25) is 24.0 Å². The minimum atomic E-state index is -1.29. The number of Topliss-reactive ketones (excluding diaryl/α,β-unsaturated/α-hetero) is 1. The molecule has 1 aromatic carbocycles. The summed E-state index contributed by atoms with van der Waals surface area (Å²) in [7, 11) is 1.28. The average molecular weight is 566 g/mol. The highest BCUT2D eigenvalue weighted by Crippen LogP contribution is 2.65. The van der Waals surface area contributed by atoms with Gasteiger partial charge in [-0.2, -0.15) is 0 Å². The fraction of sp³-hybridized carbons (Fsp3) is 0.593. The lowest BCUT2D eigenvalue weighted by atomic mass is 9.94. The molecule has 2 saturated heterocycles. The Hall–Kier alpha value is -3.64. The van der Waals surface area contributed by atoms with Gasteiger partial charge in [0, 0.05) is 38.2 Å². The number of likely N-dealkylation sites (tertiary alicyclic amines) is 1. The Morgan fingerprint density at radius 1 is 1.12 bits per heavy atom. The summed E-state index contributed by atoms with van der Waals surface area (Å²) < 4.78 is 42.0. The quantitative estimate of drug-likeness (QED) is 0.314. The van der Waals surface area contributed by atoms with Crippen molar-refractivity contribution < 1.29 is 37.1 Å². The molecule has 2 aliphatic heterocycles. The van der Waals surface area contributed by atoms with Crippen molar-refractivity contribution in [2.75, 3.05) is 25.5 Å². The number of fused-ring (bicyclic) bond motifs is 1. The van der Waals surface area contributed by atoms with E-state index in [0.29, 0.717) is 25.1 Å². The first-order valence-electron chi connectivity index (χ1n) is 13.4. The smallest absolute Gasteiger partial charge is 0.289 e. The number of rotatable bonds is 10. The molecule has 1 aromatic rings. The molecular formula is C27H34F3N5O5. The van der Waals surface area contributed by atoms with Crippen LogP contribution in [0.2, 0.25) is 0 Å². The normalized spacial score (nSPS) is 25.9. The molecule has 3 fully saturated rings. The third-order valence-corrected chi connectivity index (χ3v) is 8.56. The summed E-state index contributed by atoms with van der Waals surface area (Å²) in [5.41, 5.74) is -0.937. The predicted octanol–water partition coefficient (Wildman–Crippen LogP) is 1.10. The SMILES string of the molecule is CC[C@@H](Nc1c(F)cc(F)cc1F)C(=O)N1C[C@H]2[C@@H]([C@H]1C(=O)N[C@H](C[C@@H]1CCNC1=O)C(=O)C(=O)NC)C2(C)C. The molecule has 2 heterocycles. The lowest BCUT2D eigenvalue weighted by Gasteiger charge is -2.34. The number of amides is 4. The molecule has 0 unspecified atom stereocenters. The summed E-state index contributed by atoms with van der Waals surface area (Å²) in [5.74, 6) is -7.70. The molecule has 4 N–H and O–H groups in total. The van der Waals surface area contributed by atoms with Crippen molar-refractivity contribution in [3.8, 4) is 0 Å². The van der Waals surface area contributed by atoms with Crippen LogP contribution in [0.1, 0.15) is 40.0 Å². The van der Waals surface area contributed by atoms with E-state index in [0.717, 1.165) is 0 Å². The summed E-state index contributed by atoms with van der Waals surface area (Å²) in [6.45, 7) is 6.16. The van der Waals surface area contributed by atoms with Gasteiger partial charge >= 0.3 is 0 Å². The second-order valence-corrected chi connectivity index (χ2v) is 11.3. The van der Waals surface area contributed by atoms with Crippen molar-refractivity contribution in [3.05, 3.63) is 29.6 Å². The topological polar surface area (TPSA) is 137 Å². The van der Waals surface area contributed by atoms with Crippen LogP contribution in [0.4, 0.5) is 18.9 Å². The van der Waals surface area contributed by atoms with Crippen LogP contribution in [0.5, 0.6) is 0 Å². The molecule has 4 rings (SSSR count). The lowest BCUT2D eigenvalue weighted by Crippen LogP contribution is -2.57. The largest absolute Gasteiger partial charge is 0.369 e. The molecule has 40 heavy (non-hydrogen) atoms. The highest BCUT2D eigenvalue weighted by molar-refractivity contribution is 6.38. The number of nitrogens with one attached hydrogen (secondary N) is 4. The van der Waals surface area contributed by atoms with Gasteiger partial charge in [-0.15, -0.1) is 0 Å². The number of carbonyl (C=O) groups excluding carboxylic acids is 5. The predicted molar refractivity (Wildman–Crippen MR) is 137 cm³/mol. The zero-order chi connectivity index (χ0) is 29.5. The van der Waals surface area contributed by atoms with Crippen molar-refractivity contribution in [3.63, 3.8) is 0 Å². The summed E-state index contributed by atoms with van der Waals surface area (Å²) in [6.07, 6.45) is 0.468. The van der Waals surface area contributed by atoms with Gasteiger partial charge in [0.25, 0.3) is 5.91 Å². The number of hydrogen-bond donors (Lipinski definition) is 4. The van der Waals surface area contributed by atoms with Gasteiger partial charge in [0.05, 0.1) is 6.04 Å². The van der Waals surface area contributed by atoms with E-state index in [2.05, 4.69) is 21.3 Å². The third-order valence-electron chi connectivity index (χ3n) is 8.56. The van der Waals surface area contributed by atoms with Crippen LogP contribution in [0, 0.1) is 40.6 Å². The molecule has 0 aromatic heterocycles. The van der Waals surface area contributed by atoms with Crippen molar-refractivity contribution in [1.82, 2.24) is 20.9 Å². The molecule has 218 valence electrons. The number of halogens is 3. The van der Waals surface area contributed by atoms with Gasteiger partial charge in [0.15, 0.2) is 11.6 Å². The van der Waals surface area contributed by atoms with Crippen LogP contribution < -0.4 is 21.3 Å². The molecular weight excluding hydrogens is 531 g/mol. The van der Waals surface area contributed by atoms with Gasteiger partial charge in [0.1, 0.15) is 23.6 Å². The van der Waals surface area contributed by atoms with Crippen LogP contribution in [0.25, 0.3) is 0 Å². The summed E-state index contributed by atoms with van der Waals surface area (Å²) in [5, 5.41) is 10.1. The summed E-state index contributed by atoms with van der Waals surface area (Å²) in [4.78, 5) is 65.9. The van der Waals surface area contributed by atoms with E-state index in [1.807, 2.05) is 13.8 Å². The molecule has 1 saturated carbocycles. The summed E-state index contributed by atoms with van der Waals surface area (Å²) >= 11 is 0. The standard InChI is InChI=1S/C27H34F3N5O5/c1-5-17(33-20-15(29)9-13(28)10-16(20)30)26(40)35-11-14-19(27(14,2)3)21(35)24(38)34-18(22(36)25(39)31-4)8-12-6-7-32-23(12)37/h9-10,12,14,17-19,21,33H,5-8,11H2,1-4H3,(H,31,39)(H,32,37)(H,34,38)/t12-,14-,17+,18+,19-,21-/m0/s1. The molecule has 10 nitrogen and oxygen atoms in total. The maximum Gasteiger partial charge on any atom is 0.289 e. The average Bonchev–Trinajstić information content (AvgIpc) is 3.24. The Labute approximate surface area is 229 Å². The Morgan fingerprint density at radius 3 is 2.33 bits per heavy atom. The van der Waals surface area contributed by atoms with E-state index in [1.165, 1.54) is 11.9 Å². The van der Waals surface area contributed by atoms with Crippen molar-refractivity contribution in [2.24, 2.45) is 23.2 Å². The van der Waals surface area contributed by atoms with Crippen molar-refractivity contribution in [1.29, 1.82) is 0 Å². The lowest BCUT2D eigenvalue weighted by molar-refractivity contribution is -0.143. The van der Waals surface area contributed by atoms with E-state index < -0.39 is 70.7 Å². The fourth-order valence-electron chi connectivity index (χ4n) is 6.13. The number of hydrogen-bond acceptors (Lipinski definition) is 6. The molecule has 6 atom stereocenters. The molecule has 0 radical (unpaired) electrons. The number of anilines is 1.